The standard InChI is InChI=1S/C22H21N3O2/c1-13(2)11-18-24-21-19(22(27)25(18)15-7-5-4-6-8-15)20(26)16-10-9-14(3)12-17(16)23-21/h4-10,12-13H,11H2,1-3H3,(H,23,26). The molecule has 1 N–H and O–H groups in total. The Morgan fingerprint density at radius 2 is 1.81 bits per heavy atom. The fraction of sp³-hybridized carbons (Fsp3) is 0.227. The van der Waals surface area contributed by atoms with Crippen molar-refractivity contribution in [2.24, 2.45) is 5.92 Å². The molecule has 4 aromatic rings. The molecule has 136 valence electrons. The monoisotopic (exact) mass is 359 g/mol. The third kappa shape index (κ3) is 2.95. The Balaban J connectivity index is 2.16. The van der Waals surface area contributed by atoms with Gasteiger partial charge in [-0.05, 0) is 42.7 Å². The van der Waals surface area contributed by atoms with Crippen LogP contribution in [0.2, 0.25) is 0 Å². The maximum Gasteiger partial charge on any atom is 0.271 e. The van der Waals surface area contributed by atoms with Crippen LogP contribution in [0.4, 0.5) is 0 Å². The van der Waals surface area contributed by atoms with Crippen LogP contribution < -0.4 is 11.0 Å². The topological polar surface area (TPSA) is 67.8 Å². The largest absolute Gasteiger partial charge is 0.339 e. The van der Waals surface area contributed by atoms with Crippen molar-refractivity contribution in [2.75, 3.05) is 0 Å². The van der Waals surface area contributed by atoms with Crippen molar-refractivity contribution in [2.45, 2.75) is 27.2 Å². The quantitative estimate of drug-likeness (QED) is 0.567. The number of aromatic amines is 1. The second kappa shape index (κ2) is 6.50. The zero-order valence-electron chi connectivity index (χ0n) is 15.6. The van der Waals surface area contributed by atoms with E-state index in [-0.39, 0.29) is 16.4 Å². The molecule has 5 nitrogen and oxygen atoms in total. The molecule has 0 fully saturated rings. The first kappa shape index (κ1) is 17.2. The van der Waals surface area contributed by atoms with E-state index in [0.29, 0.717) is 34.7 Å². The van der Waals surface area contributed by atoms with E-state index in [1.807, 2.05) is 49.4 Å². The van der Waals surface area contributed by atoms with Crippen molar-refractivity contribution in [3.05, 3.63) is 80.5 Å². The van der Waals surface area contributed by atoms with Crippen LogP contribution in [-0.2, 0) is 6.42 Å². The Hall–Kier alpha value is -3.21. The molecule has 0 saturated carbocycles. The fourth-order valence-corrected chi connectivity index (χ4v) is 3.43. The molecule has 0 aliphatic rings. The SMILES string of the molecule is Cc1ccc2c(=O)c3c(=O)n(-c4ccccc4)c(CC(C)C)nc3[nH]c2c1. The van der Waals surface area contributed by atoms with Crippen molar-refractivity contribution in [1.82, 2.24) is 14.5 Å². The molecule has 0 bridgehead atoms. The Morgan fingerprint density at radius 3 is 2.52 bits per heavy atom. The molecule has 0 amide bonds. The molecule has 2 aromatic heterocycles. The van der Waals surface area contributed by atoms with Crippen LogP contribution >= 0.6 is 0 Å². The fourth-order valence-electron chi connectivity index (χ4n) is 3.43. The van der Waals surface area contributed by atoms with E-state index in [2.05, 4.69) is 18.8 Å². The maximum absolute atomic E-state index is 13.4. The second-order valence-corrected chi connectivity index (χ2v) is 7.33. The van der Waals surface area contributed by atoms with Crippen LogP contribution in [0.1, 0.15) is 25.2 Å². The summed E-state index contributed by atoms with van der Waals surface area (Å²) in [6.07, 6.45) is 0.633. The van der Waals surface area contributed by atoms with Crippen LogP contribution in [0.3, 0.4) is 0 Å². The highest BCUT2D eigenvalue weighted by molar-refractivity contribution is 5.90. The van der Waals surface area contributed by atoms with Crippen LogP contribution in [0, 0.1) is 12.8 Å². The van der Waals surface area contributed by atoms with Crippen molar-refractivity contribution in [1.29, 1.82) is 0 Å². The van der Waals surface area contributed by atoms with Crippen LogP contribution in [0.15, 0.2) is 58.1 Å². The Morgan fingerprint density at radius 1 is 1.07 bits per heavy atom. The summed E-state index contributed by atoms with van der Waals surface area (Å²) in [6, 6.07) is 14.9. The number of hydrogen-bond donors (Lipinski definition) is 1. The first-order valence-electron chi connectivity index (χ1n) is 9.09. The van der Waals surface area contributed by atoms with E-state index in [4.69, 9.17) is 4.98 Å². The van der Waals surface area contributed by atoms with E-state index in [1.165, 1.54) is 0 Å². The average molecular weight is 359 g/mol. The number of para-hydroxylation sites is 1. The molecule has 0 saturated heterocycles. The van der Waals surface area contributed by atoms with Gasteiger partial charge in [0.1, 0.15) is 16.9 Å². The number of benzene rings is 2. The number of pyridine rings is 1. The Bertz CT molecular complexity index is 1270. The number of hydrogen-bond acceptors (Lipinski definition) is 3. The van der Waals surface area contributed by atoms with Gasteiger partial charge in [0.05, 0.1) is 11.2 Å². The summed E-state index contributed by atoms with van der Waals surface area (Å²) >= 11 is 0. The van der Waals surface area contributed by atoms with E-state index in [9.17, 15) is 9.59 Å². The second-order valence-electron chi connectivity index (χ2n) is 7.33. The van der Waals surface area contributed by atoms with Crippen molar-refractivity contribution in [3.8, 4) is 5.69 Å². The maximum atomic E-state index is 13.4. The third-order valence-corrected chi connectivity index (χ3v) is 4.66. The lowest BCUT2D eigenvalue weighted by atomic mass is 10.1. The molecule has 0 aliphatic heterocycles. The summed E-state index contributed by atoms with van der Waals surface area (Å²) in [6.45, 7) is 6.13. The number of nitrogens with one attached hydrogen (secondary N) is 1. The predicted octanol–water partition coefficient (Wildman–Crippen LogP) is 3.73. The van der Waals surface area contributed by atoms with Gasteiger partial charge in [-0.25, -0.2) is 4.98 Å². The number of nitrogens with zero attached hydrogens (tertiary/aromatic N) is 2. The predicted molar refractivity (Wildman–Crippen MR) is 109 cm³/mol. The molecule has 27 heavy (non-hydrogen) atoms. The summed E-state index contributed by atoms with van der Waals surface area (Å²) in [5.74, 6) is 0.968. The zero-order chi connectivity index (χ0) is 19.1. The number of aryl methyl sites for hydroxylation is 1. The summed E-state index contributed by atoms with van der Waals surface area (Å²) in [7, 11) is 0. The zero-order valence-corrected chi connectivity index (χ0v) is 15.6. The van der Waals surface area contributed by atoms with Gasteiger partial charge in [-0.2, -0.15) is 0 Å². The molecule has 0 aliphatic carbocycles. The number of rotatable bonds is 3. The molecule has 2 aromatic carbocycles. The van der Waals surface area contributed by atoms with Gasteiger partial charge in [0.2, 0.25) is 5.43 Å². The highest BCUT2D eigenvalue weighted by Gasteiger charge is 2.18. The number of H-pyrrole nitrogens is 1. The summed E-state index contributed by atoms with van der Waals surface area (Å²) in [5.41, 5.74) is 2.20. The number of aromatic nitrogens is 3. The Kier molecular flexibility index (Phi) is 4.15. The van der Waals surface area contributed by atoms with E-state index < -0.39 is 0 Å². The van der Waals surface area contributed by atoms with Gasteiger partial charge in [-0.3, -0.25) is 14.2 Å². The molecular weight excluding hydrogens is 338 g/mol. The molecule has 2 heterocycles. The van der Waals surface area contributed by atoms with Crippen molar-refractivity contribution in [3.63, 3.8) is 0 Å². The molecule has 0 radical (unpaired) electrons. The normalized spacial score (nSPS) is 11.6. The summed E-state index contributed by atoms with van der Waals surface area (Å²) in [5, 5.41) is 0.603. The van der Waals surface area contributed by atoms with Crippen LogP contribution in [-0.4, -0.2) is 14.5 Å². The molecule has 5 heteroatoms. The van der Waals surface area contributed by atoms with Gasteiger partial charge in [0, 0.05) is 11.8 Å². The van der Waals surface area contributed by atoms with Gasteiger partial charge in [-0.1, -0.05) is 38.1 Å². The number of fused-ring (bicyclic) bond motifs is 2. The molecule has 0 spiro atoms. The lowest BCUT2D eigenvalue weighted by Crippen LogP contribution is -2.29. The van der Waals surface area contributed by atoms with Gasteiger partial charge in [-0.15, -0.1) is 0 Å². The highest BCUT2D eigenvalue weighted by atomic mass is 16.1. The minimum absolute atomic E-state index is 0.0997. The van der Waals surface area contributed by atoms with E-state index in [0.717, 1.165) is 11.3 Å². The lowest BCUT2D eigenvalue weighted by molar-refractivity contribution is 0.605. The minimum Gasteiger partial charge on any atom is -0.339 e. The summed E-state index contributed by atoms with van der Waals surface area (Å²) < 4.78 is 1.57. The van der Waals surface area contributed by atoms with Crippen molar-refractivity contribution < 1.29 is 0 Å². The van der Waals surface area contributed by atoms with Gasteiger partial charge in [0.15, 0.2) is 0 Å². The lowest BCUT2D eigenvalue weighted by Gasteiger charge is -2.15. The first-order chi connectivity index (χ1) is 13.0. The smallest absolute Gasteiger partial charge is 0.271 e. The average Bonchev–Trinajstić information content (AvgIpc) is 2.61. The van der Waals surface area contributed by atoms with Crippen molar-refractivity contribution >= 4 is 21.9 Å². The minimum atomic E-state index is -0.328. The van der Waals surface area contributed by atoms with Gasteiger partial charge >= 0.3 is 0 Å². The molecular formula is C22H21N3O2. The molecule has 0 unspecified atom stereocenters. The van der Waals surface area contributed by atoms with Crippen LogP contribution in [0.5, 0.6) is 0 Å². The van der Waals surface area contributed by atoms with Gasteiger partial charge in [0.25, 0.3) is 5.56 Å². The first-order valence-corrected chi connectivity index (χ1v) is 9.09. The molecule has 0 atom stereocenters. The Labute approximate surface area is 156 Å². The van der Waals surface area contributed by atoms with E-state index >= 15 is 0 Å². The van der Waals surface area contributed by atoms with Gasteiger partial charge < -0.3 is 4.98 Å². The third-order valence-electron chi connectivity index (χ3n) is 4.66. The van der Waals surface area contributed by atoms with E-state index in [1.54, 1.807) is 10.6 Å². The summed E-state index contributed by atoms with van der Waals surface area (Å²) in [4.78, 5) is 34.3. The molecule has 4 rings (SSSR count). The van der Waals surface area contributed by atoms with Crippen LogP contribution in [0.25, 0.3) is 27.6 Å². The highest BCUT2D eigenvalue weighted by Crippen LogP contribution is 2.17.